The molecule has 0 aromatic carbocycles. The van der Waals surface area contributed by atoms with Crippen LogP contribution in [-0.4, -0.2) is 26.6 Å². The van der Waals surface area contributed by atoms with Crippen LogP contribution in [0.15, 0.2) is 4.52 Å². The van der Waals surface area contributed by atoms with Gasteiger partial charge in [0.25, 0.3) is 0 Å². The molecular formula is C19H26N4O. The number of aromatic amines is 1. The maximum atomic E-state index is 5.60. The van der Waals surface area contributed by atoms with E-state index in [0.717, 1.165) is 38.1 Å². The summed E-state index contributed by atoms with van der Waals surface area (Å²) in [6.45, 7) is 2.05. The van der Waals surface area contributed by atoms with Crippen molar-refractivity contribution in [2.24, 2.45) is 0 Å². The molecular weight excluding hydrogens is 300 g/mol. The molecule has 24 heavy (non-hydrogen) atoms. The molecule has 0 spiro atoms. The Labute approximate surface area is 142 Å². The van der Waals surface area contributed by atoms with Crippen LogP contribution in [0.3, 0.4) is 0 Å². The van der Waals surface area contributed by atoms with Crippen molar-refractivity contribution in [2.75, 3.05) is 6.54 Å². The number of likely N-dealkylation sites (tertiary alicyclic amines) is 1. The van der Waals surface area contributed by atoms with Crippen LogP contribution in [0.25, 0.3) is 0 Å². The highest BCUT2D eigenvalue weighted by Crippen LogP contribution is 2.34. The SMILES string of the molecule is C1CCc2[nH]c([C@@H]3CCCN3Cc3noc4c3CCCC4)nc2C1. The molecule has 0 bridgehead atoms. The summed E-state index contributed by atoms with van der Waals surface area (Å²) in [5, 5.41) is 4.41. The van der Waals surface area contributed by atoms with Crippen molar-refractivity contribution in [3.63, 3.8) is 0 Å². The summed E-state index contributed by atoms with van der Waals surface area (Å²) in [7, 11) is 0. The molecule has 5 rings (SSSR count). The number of rotatable bonds is 3. The molecule has 3 aliphatic rings. The Morgan fingerprint density at radius 1 is 1.04 bits per heavy atom. The van der Waals surface area contributed by atoms with Gasteiger partial charge in [0.1, 0.15) is 17.3 Å². The maximum absolute atomic E-state index is 5.60. The minimum atomic E-state index is 0.423. The Balaban J connectivity index is 1.38. The minimum absolute atomic E-state index is 0.423. The van der Waals surface area contributed by atoms with E-state index in [9.17, 15) is 0 Å². The molecule has 0 unspecified atom stereocenters. The van der Waals surface area contributed by atoms with Crippen LogP contribution in [0.4, 0.5) is 0 Å². The average molecular weight is 326 g/mol. The van der Waals surface area contributed by atoms with Gasteiger partial charge < -0.3 is 9.51 Å². The number of imidazole rings is 1. The summed E-state index contributed by atoms with van der Waals surface area (Å²) >= 11 is 0. The van der Waals surface area contributed by atoms with Gasteiger partial charge in [-0.3, -0.25) is 4.90 Å². The molecule has 3 heterocycles. The third-order valence-corrected chi connectivity index (χ3v) is 6.04. The lowest BCUT2D eigenvalue weighted by Crippen LogP contribution is -2.24. The van der Waals surface area contributed by atoms with Gasteiger partial charge in [0.2, 0.25) is 0 Å². The highest BCUT2D eigenvalue weighted by atomic mass is 16.5. The number of aryl methyl sites for hydroxylation is 3. The highest BCUT2D eigenvalue weighted by molar-refractivity contribution is 5.26. The smallest absolute Gasteiger partial charge is 0.140 e. The van der Waals surface area contributed by atoms with Crippen molar-refractivity contribution in [3.8, 4) is 0 Å². The van der Waals surface area contributed by atoms with Crippen LogP contribution < -0.4 is 0 Å². The van der Waals surface area contributed by atoms with Crippen LogP contribution in [0.5, 0.6) is 0 Å². The zero-order valence-corrected chi connectivity index (χ0v) is 14.3. The molecule has 0 amide bonds. The fourth-order valence-electron chi connectivity index (χ4n) is 4.72. The highest BCUT2D eigenvalue weighted by Gasteiger charge is 2.31. The van der Waals surface area contributed by atoms with Crippen molar-refractivity contribution in [1.29, 1.82) is 0 Å². The van der Waals surface area contributed by atoms with E-state index in [-0.39, 0.29) is 0 Å². The lowest BCUT2D eigenvalue weighted by molar-refractivity contribution is 0.232. The fraction of sp³-hybridized carbons (Fsp3) is 0.684. The van der Waals surface area contributed by atoms with E-state index >= 15 is 0 Å². The maximum Gasteiger partial charge on any atom is 0.140 e. The molecule has 1 aliphatic heterocycles. The molecule has 0 saturated carbocycles. The van der Waals surface area contributed by atoms with E-state index in [4.69, 9.17) is 9.51 Å². The number of fused-ring (bicyclic) bond motifs is 2. The van der Waals surface area contributed by atoms with E-state index in [1.54, 1.807) is 0 Å². The number of nitrogens with zero attached hydrogens (tertiary/aromatic N) is 3. The van der Waals surface area contributed by atoms with Gasteiger partial charge in [-0.05, 0) is 64.3 Å². The summed E-state index contributed by atoms with van der Waals surface area (Å²) in [4.78, 5) is 11.2. The van der Waals surface area contributed by atoms with Gasteiger partial charge >= 0.3 is 0 Å². The van der Waals surface area contributed by atoms with Crippen molar-refractivity contribution < 1.29 is 4.52 Å². The van der Waals surface area contributed by atoms with Crippen molar-refractivity contribution in [3.05, 3.63) is 34.2 Å². The van der Waals surface area contributed by atoms with E-state index in [2.05, 4.69) is 15.0 Å². The summed E-state index contributed by atoms with van der Waals surface area (Å²) in [6, 6.07) is 0.423. The van der Waals surface area contributed by atoms with E-state index in [0.29, 0.717) is 6.04 Å². The molecule has 5 heteroatoms. The van der Waals surface area contributed by atoms with Gasteiger partial charge in [-0.2, -0.15) is 0 Å². The van der Waals surface area contributed by atoms with E-state index in [1.807, 2.05) is 0 Å². The van der Waals surface area contributed by atoms with E-state index in [1.165, 1.54) is 73.4 Å². The van der Waals surface area contributed by atoms with Gasteiger partial charge in [0.05, 0.1) is 11.7 Å². The molecule has 2 aromatic heterocycles. The minimum Gasteiger partial charge on any atom is -0.361 e. The van der Waals surface area contributed by atoms with Crippen molar-refractivity contribution in [1.82, 2.24) is 20.0 Å². The van der Waals surface area contributed by atoms with E-state index < -0.39 is 0 Å². The molecule has 2 aromatic rings. The second-order valence-electron chi connectivity index (χ2n) is 7.62. The van der Waals surface area contributed by atoms with Crippen molar-refractivity contribution in [2.45, 2.75) is 76.8 Å². The molecule has 2 aliphatic carbocycles. The molecule has 1 fully saturated rings. The summed E-state index contributed by atoms with van der Waals surface area (Å²) < 4.78 is 5.60. The van der Waals surface area contributed by atoms with Gasteiger partial charge in [0.15, 0.2) is 0 Å². The van der Waals surface area contributed by atoms with Crippen LogP contribution in [0, 0.1) is 0 Å². The van der Waals surface area contributed by atoms with Gasteiger partial charge in [-0.1, -0.05) is 5.16 Å². The van der Waals surface area contributed by atoms with Gasteiger partial charge in [-0.25, -0.2) is 4.98 Å². The fourth-order valence-corrected chi connectivity index (χ4v) is 4.72. The molecule has 5 nitrogen and oxygen atoms in total. The first-order valence-corrected chi connectivity index (χ1v) is 9.66. The zero-order chi connectivity index (χ0) is 15.9. The summed E-state index contributed by atoms with van der Waals surface area (Å²) in [6.07, 6.45) is 12.1. The lowest BCUT2D eigenvalue weighted by Gasteiger charge is -2.22. The zero-order valence-electron chi connectivity index (χ0n) is 14.3. The van der Waals surface area contributed by atoms with Crippen LogP contribution >= 0.6 is 0 Å². The quantitative estimate of drug-likeness (QED) is 0.938. The predicted molar refractivity (Wildman–Crippen MR) is 90.8 cm³/mol. The number of aromatic nitrogens is 3. The third-order valence-electron chi connectivity index (χ3n) is 6.04. The normalized spacial score (nSPS) is 24.1. The largest absolute Gasteiger partial charge is 0.361 e. The van der Waals surface area contributed by atoms with Crippen molar-refractivity contribution >= 4 is 0 Å². The Morgan fingerprint density at radius 2 is 1.92 bits per heavy atom. The molecule has 128 valence electrons. The summed E-state index contributed by atoms with van der Waals surface area (Å²) in [5.74, 6) is 2.33. The first-order valence-electron chi connectivity index (χ1n) is 9.66. The number of hydrogen-bond donors (Lipinski definition) is 1. The second kappa shape index (κ2) is 6.03. The van der Waals surface area contributed by atoms with Crippen LogP contribution in [0.2, 0.25) is 0 Å². The molecule has 1 N–H and O–H groups in total. The lowest BCUT2D eigenvalue weighted by atomic mass is 9.96. The van der Waals surface area contributed by atoms with Gasteiger partial charge in [-0.15, -0.1) is 0 Å². The second-order valence-corrected chi connectivity index (χ2v) is 7.62. The monoisotopic (exact) mass is 326 g/mol. The number of nitrogens with one attached hydrogen (secondary N) is 1. The molecule has 1 saturated heterocycles. The first-order chi connectivity index (χ1) is 11.9. The Hall–Kier alpha value is -1.62. The van der Waals surface area contributed by atoms with Crippen LogP contribution in [-0.2, 0) is 32.2 Å². The topological polar surface area (TPSA) is 58.0 Å². The average Bonchev–Trinajstić information content (AvgIpc) is 3.33. The van der Waals surface area contributed by atoms with Gasteiger partial charge in [0, 0.05) is 24.2 Å². The predicted octanol–water partition coefficient (Wildman–Crippen LogP) is 3.49. The number of hydrogen-bond acceptors (Lipinski definition) is 4. The van der Waals surface area contributed by atoms with Crippen LogP contribution in [0.1, 0.15) is 78.8 Å². The number of H-pyrrole nitrogens is 1. The Bertz CT molecular complexity index is 708. The Morgan fingerprint density at radius 3 is 2.88 bits per heavy atom. The first kappa shape index (κ1) is 14.7. The molecule has 0 radical (unpaired) electrons. The third kappa shape index (κ3) is 2.50. The standard InChI is InChI=1S/C19H26N4O/c1-4-10-18-13(6-1)16(22-24-18)12-23-11-5-9-17(23)19-20-14-7-2-3-8-15(14)21-19/h17H,1-12H2,(H,20,21)/t17-/m0/s1. The Kier molecular flexibility index (Phi) is 3.69. The molecule has 1 atom stereocenters. The summed E-state index contributed by atoms with van der Waals surface area (Å²) in [5.41, 5.74) is 5.28.